The van der Waals surface area contributed by atoms with Gasteiger partial charge >= 0.3 is 0 Å². The average molecular weight is 425 g/mol. The standard InChI is InChI=1S/C18H14ClFN2O5S/c1-12-17(19)9-16(10-18(12)22(23)24)28(25,26)21(11-15-3-2-8-27-15)14-6-4-13(20)5-7-14/h2-10H,11H2,1H3. The molecule has 2 aromatic carbocycles. The highest BCUT2D eigenvalue weighted by Crippen LogP contribution is 2.33. The van der Waals surface area contributed by atoms with E-state index in [0.717, 1.165) is 28.6 Å². The van der Waals surface area contributed by atoms with Gasteiger partial charge in [-0.05, 0) is 49.4 Å². The molecule has 0 unspecified atom stereocenters. The van der Waals surface area contributed by atoms with Gasteiger partial charge in [-0.15, -0.1) is 0 Å². The Morgan fingerprint density at radius 2 is 1.89 bits per heavy atom. The summed E-state index contributed by atoms with van der Waals surface area (Å²) in [4.78, 5) is 10.2. The van der Waals surface area contributed by atoms with E-state index < -0.39 is 26.5 Å². The van der Waals surface area contributed by atoms with E-state index in [4.69, 9.17) is 16.0 Å². The summed E-state index contributed by atoms with van der Waals surface area (Å²) >= 11 is 6.03. The molecule has 3 rings (SSSR count). The van der Waals surface area contributed by atoms with E-state index in [1.807, 2.05) is 0 Å². The number of sulfonamides is 1. The molecule has 1 heterocycles. The SMILES string of the molecule is Cc1c(Cl)cc(S(=O)(=O)N(Cc2ccco2)c2ccc(F)cc2)cc1[N+](=O)[O-]. The quantitative estimate of drug-likeness (QED) is 0.423. The zero-order chi connectivity index (χ0) is 20.5. The maximum absolute atomic E-state index is 13.3. The molecule has 0 fully saturated rings. The van der Waals surface area contributed by atoms with Gasteiger partial charge in [0, 0.05) is 11.6 Å². The van der Waals surface area contributed by atoms with Gasteiger partial charge in [0.15, 0.2) is 0 Å². The van der Waals surface area contributed by atoms with E-state index in [1.165, 1.54) is 25.3 Å². The maximum Gasteiger partial charge on any atom is 0.275 e. The molecule has 0 atom stereocenters. The van der Waals surface area contributed by atoms with Crippen molar-refractivity contribution in [2.24, 2.45) is 0 Å². The van der Waals surface area contributed by atoms with Gasteiger partial charge in [-0.3, -0.25) is 14.4 Å². The number of hydrogen-bond donors (Lipinski definition) is 0. The van der Waals surface area contributed by atoms with Crippen molar-refractivity contribution in [1.82, 2.24) is 0 Å². The molecule has 3 aromatic rings. The first-order valence-electron chi connectivity index (χ1n) is 7.95. The summed E-state index contributed by atoms with van der Waals surface area (Å²) in [5, 5.41) is 11.2. The van der Waals surface area contributed by atoms with Crippen LogP contribution in [-0.2, 0) is 16.6 Å². The van der Waals surface area contributed by atoms with E-state index >= 15 is 0 Å². The van der Waals surface area contributed by atoms with Crippen molar-refractivity contribution in [3.63, 3.8) is 0 Å². The minimum absolute atomic E-state index is 0.0511. The summed E-state index contributed by atoms with van der Waals surface area (Å²) in [7, 11) is -4.28. The molecule has 10 heteroatoms. The van der Waals surface area contributed by atoms with E-state index in [2.05, 4.69) is 0 Å². The molecule has 0 spiro atoms. The fourth-order valence-electron chi connectivity index (χ4n) is 2.57. The minimum Gasteiger partial charge on any atom is -0.467 e. The number of nitro benzene ring substituents is 1. The van der Waals surface area contributed by atoms with Crippen molar-refractivity contribution in [2.45, 2.75) is 18.4 Å². The average Bonchev–Trinajstić information content (AvgIpc) is 3.15. The molecule has 0 saturated heterocycles. The second-order valence-corrected chi connectivity index (χ2v) is 8.14. The molecule has 0 aliphatic rings. The van der Waals surface area contributed by atoms with Gasteiger partial charge in [-0.25, -0.2) is 12.8 Å². The van der Waals surface area contributed by atoms with Crippen LogP contribution in [-0.4, -0.2) is 13.3 Å². The van der Waals surface area contributed by atoms with Crippen molar-refractivity contribution in [2.75, 3.05) is 4.31 Å². The molecule has 0 amide bonds. The molecule has 146 valence electrons. The highest BCUT2D eigenvalue weighted by Gasteiger charge is 2.29. The number of hydrogen-bond acceptors (Lipinski definition) is 5. The summed E-state index contributed by atoms with van der Waals surface area (Å²) in [5.41, 5.74) is -0.0923. The van der Waals surface area contributed by atoms with Crippen LogP contribution in [0.3, 0.4) is 0 Å². The zero-order valence-electron chi connectivity index (χ0n) is 14.5. The highest BCUT2D eigenvalue weighted by molar-refractivity contribution is 7.92. The minimum atomic E-state index is -4.28. The molecule has 0 aliphatic carbocycles. The Hall–Kier alpha value is -2.91. The van der Waals surface area contributed by atoms with Gasteiger partial charge in [-0.2, -0.15) is 0 Å². The van der Waals surface area contributed by atoms with Crippen LogP contribution in [0.2, 0.25) is 5.02 Å². The van der Waals surface area contributed by atoms with Crippen molar-refractivity contribution in [3.05, 3.63) is 87.1 Å². The predicted molar refractivity (Wildman–Crippen MR) is 101 cm³/mol. The Kier molecular flexibility index (Phi) is 5.39. The Bertz CT molecular complexity index is 1120. The number of halogens is 2. The molecule has 0 saturated carbocycles. The molecule has 1 aromatic heterocycles. The van der Waals surface area contributed by atoms with Crippen molar-refractivity contribution >= 4 is 33.0 Å². The molecule has 0 N–H and O–H groups in total. The molecular weight excluding hydrogens is 411 g/mol. The third-order valence-corrected chi connectivity index (χ3v) is 6.21. The van der Waals surface area contributed by atoms with E-state index in [-0.39, 0.29) is 27.7 Å². The molecule has 0 radical (unpaired) electrons. The third kappa shape index (κ3) is 3.85. The second kappa shape index (κ2) is 7.61. The Morgan fingerprint density at radius 3 is 2.46 bits per heavy atom. The zero-order valence-corrected chi connectivity index (χ0v) is 16.1. The van der Waals surface area contributed by atoms with Crippen LogP contribution < -0.4 is 4.31 Å². The smallest absolute Gasteiger partial charge is 0.275 e. The van der Waals surface area contributed by atoms with Crippen molar-refractivity contribution < 1.29 is 22.1 Å². The van der Waals surface area contributed by atoms with Crippen LogP contribution in [0.4, 0.5) is 15.8 Å². The monoisotopic (exact) mass is 424 g/mol. The maximum atomic E-state index is 13.3. The largest absolute Gasteiger partial charge is 0.467 e. The van der Waals surface area contributed by atoms with Crippen LogP contribution in [0.15, 0.2) is 64.1 Å². The highest BCUT2D eigenvalue weighted by atomic mass is 35.5. The first-order chi connectivity index (χ1) is 13.2. The fraction of sp³-hybridized carbons (Fsp3) is 0.111. The predicted octanol–water partition coefficient (Wildman–Crippen LogP) is 4.68. The lowest BCUT2D eigenvalue weighted by molar-refractivity contribution is -0.385. The molecule has 0 bridgehead atoms. The normalized spacial score (nSPS) is 11.4. The first-order valence-corrected chi connectivity index (χ1v) is 9.77. The summed E-state index contributed by atoms with van der Waals surface area (Å²) in [6.45, 7) is 1.23. The van der Waals surface area contributed by atoms with Crippen molar-refractivity contribution in [3.8, 4) is 0 Å². The van der Waals surface area contributed by atoms with Gasteiger partial charge in [0.05, 0.1) is 33.3 Å². The molecule has 7 nitrogen and oxygen atoms in total. The van der Waals surface area contributed by atoms with Gasteiger partial charge < -0.3 is 4.42 Å². The van der Waals surface area contributed by atoms with E-state index in [9.17, 15) is 22.9 Å². The molecule has 0 aliphatic heterocycles. The lowest BCUT2D eigenvalue weighted by Crippen LogP contribution is -2.30. The summed E-state index contributed by atoms with van der Waals surface area (Å²) in [6.07, 6.45) is 1.39. The second-order valence-electron chi connectivity index (χ2n) is 5.87. The summed E-state index contributed by atoms with van der Waals surface area (Å²) in [6, 6.07) is 10.1. The van der Waals surface area contributed by atoms with E-state index in [1.54, 1.807) is 12.1 Å². The topological polar surface area (TPSA) is 93.7 Å². The number of rotatable bonds is 6. The Balaban J connectivity index is 2.15. The van der Waals surface area contributed by atoms with Gasteiger partial charge in [-0.1, -0.05) is 11.6 Å². The van der Waals surface area contributed by atoms with Crippen molar-refractivity contribution in [1.29, 1.82) is 0 Å². The Morgan fingerprint density at radius 1 is 1.21 bits per heavy atom. The summed E-state index contributed by atoms with van der Waals surface area (Å²) < 4.78 is 46.1. The van der Waals surface area contributed by atoms with Gasteiger partial charge in [0.2, 0.25) is 0 Å². The first kappa shape index (κ1) is 19.8. The number of furan rings is 1. The molecule has 28 heavy (non-hydrogen) atoms. The molecular formula is C18H14ClFN2O5S. The number of anilines is 1. The van der Waals surface area contributed by atoms with Crippen LogP contribution in [0.1, 0.15) is 11.3 Å². The third-order valence-electron chi connectivity index (χ3n) is 4.07. The number of benzene rings is 2. The van der Waals surface area contributed by atoms with Gasteiger partial charge in [0.1, 0.15) is 11.6 Å². The van der Waals surface area contributed by atoms with Gasteiger partial charge in [0.25, 0.3) is 15.7 Å². The van der Waals surface area contributed by atoms with E-state index in [0.29, 0.717) is 5.76 Å². The van der Waals surface area contributed by atoms with Crippen LogP contribution in [0.25, 0.3) is 0 Å². The Labute approximate surface area is 165 Å². The van der Waals surface area contributed by atoms with Crippen LogP contribution in [0, 0.1) is 22.9 Å². The summed E-state index contributed by atoms with van der Waals surface area (Å²) in [5.74, 6) is -0.200. The fourth-order valence-corrected chi connectivity index (χ4v) is 4.33. The van der Waals surface area contributed by atoms with Crippen LogP contribution >= 0.6 is 11.6 Å². The lowest BCUT2D eigenvalue weighted by atomic mass is 10.2. The lowest BCUT2D eigenvalue weighted by Gasteiger charge is -2.24. The number of nitrogens with zero attached hydrogens (tertiary/aromatic N) is 2. The van der Waals surface area contributed by atoms with Crippen LogP contribution in [0.5, 0.6) is 0 Å². The number of nitro groups is 1.